The number of aryl methyl sites for hydroxylation is 2. The summed E-state index contributed by atoms with van der Waals surface area (Å²) < 4.78 is 1.92. The van der Waals surface area contributed by atoms with Gasteiger partial charge in [0.05, 0.1) is 5.69 Å². The van der Waals surface area contributed by atoms with E-state index >= 15 is 0 Å². The minimum Gasteiger partial charge on any atom is -0.305 e. The van der Waals surface area contributed by atoms with E-state index in [0.717, 1.165) is 12.1 Å². The van der Waals surface area contributed by atoms with Crippen LogP contribution in [-0.4, -0.2) is 16.3 Å². The van der Waals surface area contributed by atoms with Crippen LogP contribution in [0.3, 0.4) is 0 Å². The smallest absolute Gasteiger partial charge is 0.0644 e. The Hall–Kier alpha value is -0.800. The summed E-state index contributed by atoms with van der Waals surface area (Å²) in [6.07, 6.45) is 1.01. The van der Waals surface area contributed by atoms with Crippen LogP contribution in [0.5, 0.6) is 0 Å². The molecule has 0 bridgehead atoms. The van der Waals surface area contributed by atoms with Crippen molar-refractivity contribution in [2.45, 2.75) is 33.2 Å². The predicted octanol–water partition coefficient (Wildman–Crippen LogP) is 2.83. The number of hydrogen-bond donors (Lipinski definition) is 1. The van der Waals surface area contributed by atoms with Gasteiger partial charge in [-0.1, -0.05) is 25.1 Å². The Balaban J connectivity index is 2.90. The predicted molar refractivity (Wildman–Crippen MR) is 68.7 cm³/mol. The van der Waals surface area contributed by atoms with E-state index in [4.69, 9.17) is 11.6 Å². The van der Waals surface area contributed by atoms with Gasteiger partial charge in [0.2, 0.25) is 0 Å². The topological polar surface area (TPSA) is 29.9 Å². The lowest BCUT2D eigenvalue weighted by Gasteiger charge is -2.17. The molecule has 16 heavy (non-hydrogen) atoms. The van der Waals surface area contributed by atoms with Gasteiger partial charge in [-0.3, -0.25) is 4.68 Å². The number of nitrogens with zero attached hydrogens (tertiary/aromatic N) is 2. The number of aromatic nitrogens is 2. The van der Waals surface area contributed by atoms with E-state index in [-0.39, 0.29) is 0 Å². The van der Waals surface area contributed by atoms with Crippen molar-refractivity contribution >= 4 is 11.6 Å². The van der Waals surface area contributed by atoms with E-state index in [1.807, 2.05) is 18.7 Å². The monoisotopic (exact) mass is 241 g/mol. The molecule has 0 aromatic carbocycles. The minimum absolute atomic E-state index is 0.296. The molecule has 1 aromatic heterocycles. The van der Waals surface area contributed by atoms with Crippen LogP contribution in [0.4, 0.5) is 0 Å². The van der Waals surface area contributed by atoms with Gasteiger partial charge >= 0.3 is 0 Å². The first-order valence-electron chi connectivity index (χ1n) is 5.54. The van der Waals surface area contributed by atoms with Gasteiger partial charge in [0, 0.05) is 35.9 Å². The molecule has 1 N–H and O–H groups in total. The molecule has 0 aliphatic rings. The third-order valence-corrected chi connectivity index (χ3v) is 3.00. The van der Waals surface area contributed by atoms with Crippen LogP contribution in [-0.2, 0) is 7.05 Å². The van der Waals surface area contributed by atoms with Crippen LogP contribution >= 0.6 is 11.6 Å². The second-order valence-electron chi connectivity index (χ2n) is 4.07. The zero-order chi connectivity index (χ0) is 12.3. The average molecular weight is 242 g/mol. The van der Waals surface area contributed by atoms with Crippen molar-refractivity contribution in [1.29, 1.82) is 0 Å². The first-order chi connectivity index (χ1) is 7.47. The fraction of sp³-hybridized carbons (Fsp3) is 0.583. The van der Waals surface area contributed by atoms with Crippen molar-refractivity contribution in [1.82, 2.24) is 15.1 Å². The Kier molecular flexibility index (Phi) is 4.56. The third-order valence-electron chi connectivity index (χ3n) is 2.86. The van der Waals surface area contributed by atoms with E-state index in [9.17, 15) is 0 Å². The number of nitrogens with one attached hydrogen (secondary N) is 1. The fourth-order valence-electron chi connectivity index (χ4n) is 1.98. The van der Waals surface area contributed by atoms with Gasteiger partial charge in [0.25, 0.3) is 0 Å². The molecule has 3 nitrogen and oxygen atoms in total. The van der Waals surface area contributed by atoms with Crippen LogP contribution in [0.1, 0.15) is 36.3 Å². The fourth-order valence-corrected chi connectivity index (χ4v) is 2.06. The van der Waals surface area contributed by atoms with Gasteiger partial charge in [0.15, 0.2) is 0 Å². The molecule has 1 unspecified atom stereocenters. The summed E-state index contributed by atoms with van der Waals surface area (Å²) >= 11 is 5.77. The summed E-state index contributed by atoms with van der Waals surface area (Å²) in [6.45, 7) is 10.6. The molecule has 1 aromatic rings. The summed E-state index contributed by atoms with van der Waals surface area (Å²) in [5.74, 6) is 0. The molecule has 0 fully saturated rings. The van der Waals surface area contributed by atoms with E-state index in [1.165, 1.54) is 11.3 Å². The van der Waals surface area contributed by atoms with Crippen molar-refractivity contribution in [2.24, 2.45) is 7.05 Å². The highest BCUT2D eigenvalue weighted by Gasteiger charge is 2.17. The Morgan fingerprint density at radius 2 is 2.19 bits per heavy atom. The lowest BCUT2D eigenvalue weighted by Crippen LogP contribution is -2.23. The quantitative estimate of drug-likeness (QED) is 0.859. The molecule has 0 amide bonds. The zero-order valence-corrected chi connectivity index (χ0v) is 11.2. The van der Waals surface area contributed by atoms with Crippen LogP contribution in [0.15, 0.2) is 11.6 Å². The summed E-state index contributed by atoms with van der Waals surface area (Å²) in [7, 11) is 1.97. The van der Waals surface area contributed by atoms with E-state index < -0.39 is 0 Å². The van der Waals surface area contributed by atoms with Crippen molar-refractivity contribution in [2.75, 3.05) is 6.54 Å². The van der Waals surface area contributed by atoms with Crippen molar-refractivity contribution in [3.8, 4) is 0 Å². The Labute approximate surface area is 102 Å². The Morgan fingerprint density at radius 3 is 2.56 bits per heavy atom. The number of rotatable bonds is 5. The van der Waals surface area contributed by atoms with Gasteiger partial charge < -0.3 is 5.32 Å². The Bertz CT molecular complexity index is 382. The van der Waals surface area contributed by atoms with Gasteiger partial charge in [-0.15, -0.1) is 0 Å². The van der Waals surface area contributed by atoms with E-state index in [0.29, 0.717) is 17.6 Å². The lowest BCUT2D eigenvalue weighted by atomic mass is 10.0. The highest BCUT2D eigenvalue weighted by molar-refractivity contribution is 6.29. The molecule has 0 aliphatic carbocycles. The normalized spacial score (nSPS) is 12.8. The molecule has 1 atom stereocenters. The van der Waals surface area contributed by atoms with Crippen LogP contribution in [0, 0.1) is 13.8 Å². The first kappa shape index (κ1) is 13.3. The van der Waals surface area contributed by atoms with Gasteiger partial charge in [-0.2, -0.15) is 5.10 Å². The lowest BCUT2D eigenvalue weighted by molar-refractivity contribution is 0.543. The largest absolute Gasteiger partial charge is 0.305 e. The summed E-state index contributed by atoms with van der Waals surface area (Å²) in [5.41, 5.74) is 3.57. The molecule has 0 saturated heterocycles. The molecular formula is C12H20ClN3. The van der Waals surface area contributed by atoms with Gasteiger partial charge in [-0.05, 0) is 20.3 Å². The van der Waals surface area contributed by atoms with Crippen LogP contribution < -0.4 is 5.32 Å². The number of halogens is 1. The molecule has 0 aliphatic heterocycles. The number of hydrogen-bond acceptors (Lipinski definition) is 2. The molecule has 90 valence electrons. The summed E-state index contributed by atoms with van der Waals surface area (Å²) in [6, 6.07) is 0.296. The van der Waals surface area contributed by atoms with Crippen molar-refractivity contribution < 1.29 is 0 Å². The molecule has 0 spiro atoms. The highest BCUT2D eigenvalue weighted by Crippen LogP contribution is 2.23. The van der Waals surface area contributed by atoms with Crippen molar-refractivity contribution in [3.05, 3.63) is 28.6 Å². The molecule has 1 heterocycles. The minimum atomic E-state index is 0.296. The summed E-state index contributed by atoms with van der Waals surface area (Å²) in [4.78, 5) is 0. The maximum atomic E-state index is 5.77. The van der Waals surface area contributed by atoms with Crippen LogP contribution in [0.25, 0.3) is 0 Å². The van der Waals surface area contributed by atoms with Gasteiger partial charge in [-0.25, -0.2) is 0 Å². The average Bonchev–Trinajstić information content (AvgIpc) is 2.45. The van der Waals surface area contributed by atoms with E-state index in [1.54, 1.807) is 0 Å². The van der Waals surface area contributed by atoms with Gasteiger partial charge in [0.1, 0.15) is 0 Å². The maximum Gasteiger partial charge on any atom is 0.0644 e. The zero-order valence-electron chi connectivity index (χ0n) is 10.5. The maximum absolute atomic E-state index is 5.77. The summed E-state index contributed by atoms with van der Waals surface area (Å²) in [5, 5.41) is 8.46. The second-order valence-corrected chi connectivity index (χ2v) is 4.60. The molecule has 0 saturated carbocycles. The standard InChI is InChI=1S/C12H20ClN3/c1-6-11(14-7-8(2)13)12-9(3)15-16(5)10(12)4/h11,14H,2,6-7H2,1,3-5H3. The molecule has 1 rings (SSSR count). The molecular weight excluding hydrogens is 222 g/mol. The highest BCUT2D eigenvalue weighted by atomic mass is 35.5. The molecule has 0 radical (unpaired) electrons. The SMILES string of the molecule is C=C(Cl)CNC(CC)c1c(C)nn(C)c1C. The van der Waals surface area contributed by atoms with Crippen LogP contribution in [0.2, 0.25) is 0 Å². The Morgan fingerprint density at radius 1 is 1.56 bits per heavy atom. The first-order valence-corrected chi connectivity index (χ1v) is 5.91. The van der Waals surface area contributed by atoms with E-state index in [2.05, 4.69) is 30.8 Å². The second kappa shape index (κ2) is 5.51. The molecule has 4 heteroatoms. The third kappa shape index (κ3) is 2.86. The van der Waals surface area contributed by atoms with Crippen molar-refractivity contribution in [3.63, 3.8) is 0 Å².